The summed E-state index contributed by atoms with van der Waals surface area (Å²) in [5.74, 6) is 0.886. The lowest BCUT2D eigenvalue weighted by molar-refractivity contribution is -0.120. The SMILES string of the molecule is CCOc1ccc(N2C(=O)C(Nc3ccc(OC)c(OC)c3)=C(c3ccc(C)cc3)C2=O)cc1. The molecule has 3 aromatic rings. The average molecular weight is 459 g/mol. The first-order valence-corrected chi connectivity index (χ1v) is 10.9. The van der Waals surface area contributed by atoms with Gasteiger partial charge in [-0.1, -0.05) is 29.8 Å². The zero-order valence-corrected chi connectivity index (χ0v) is 19.5. The highest BCUT2D eigenvalue weighted by Gasteiger charge is 2.40. The normalized spacial score (nSPS) is 13.4. The number of hydrogen-bond donors (Lipinski definition) is 1. The van der Waals surface area contributed by atoms with Gasteiger partial charge in [0.2, 0.25) is 0 Å². The molecular formula is C27H26N2O5. The Bertz CT molecular complexity index is 1250. The van der Waals surface area contributed by atoms with Gasteiger partial charge in [-0.05, 0) is 55.8 Å². The van der Waals surface area contributed by atoms with Crippen molar-refractivity contribution in [3.8, 4) is 17.2 Å². The van der Waals surface area contributed by atoms with Crippen molar-refractivity contribution in [1.29, 1.82) is 0 Å². The van der Waals surface area contributed by atoms with Gasteiger partial charge in [-0.25, -0.2) is 4.90 Å². The molecule has 0 aromatic heterocycles. The van der Waals surface area contributed by atoms with Crippen molar-refractivity contribution < 1.29 is 23.8 Å². The summed E-state index contributed by atoms with van der Waals surface area (Å²) in [6, 6.07) is 19.6. The van der Waals surface area contributed by atoms with E-state index in [-0.39, 0.29) is 5.70 Å². The first-order valence-electron chi connectivity index (χ1n) is 10.9. The molecule has 0 bridgehead atoms. The summed E-state index contributed by atoms with van der Waals surface area (Å²) in [7, 11) is 3.09. The molecule has 1 heterocycles. The number of nitrogens with one attached hydrogen (secondary N) is 1. The number of anilines is 2. The van der Waals surface area contributed by atoms with Crippen LogP contribution in [0.4, 0.5) is 11.4 Å². The molecule has 0 unspecified atom stereocenters. The number of nitrogens with zero attached hydrogens (tertiary/aromatic N) is 1. The van der Waals surface area contributed by atoms with Crippen molar-refractivity contribution in [2.45, 2.75) is 13.8 Å². The minimum Gasteiger partial charge on any atom is -0.494 e. The van der Waals surface area contributed by atoms with Gasteiger partial charge in [-0.2, -0.15) is 0 Å². The van der Waals surface area contributed by atoms with Crippen LogP contribution in [0.3, 0.4) is 0 Å². The van der Waals surface area contributed by atoms with Gasteiger partial charge in [0.1, 0.15) is 11.4 Å². The van der Waals surface area contributed by atoms with Crippen molar-refractivity contribution in [3.05, 3.63) is 83.6 Å². The number of hydrogen-bond acceptors (Lipinski definition) is 6. The zero-order valence-electron chi connectivity index (χ0n) is 19.5. The predicted octanol–water partition coefficient (Wildman–Crippen LogP) is 4.81. The Balaban J connectivity index is 1.76. The number of ether oxygens (including phenoxy) is 3. The van der Waals surface area contributed by atoms with E-state index in [2.05, 4.69) is 5.32 Å². The molecule has 174 valence electrons. The molecule has 0 atom stereocenters. The third kappa shape index (κ3) is 4.32. The molecule has 7 heteroatoms. The van der Waals surface area contributed by atoms with Gasteiger partial charge in [-0.3, -0.25) is 9.59 Å². The summed E-state index contributed by atoms with van der Waals surface area (Å²) in [6.07, 6.45) is 0. The number of imide groups is 1. The average Bonchev–Trinajstić information content (AvgIpc) is 3.09. The highest BCUT2D eigenvalue weighted by molar-refractivity contribution is 6.46. The van der Waals surface area contributed by atoms with Gasteiger partial charge >= 0.3 is 0 Å². The minimum absolute atomic E-state index is 0.190. The van der Waals surface area contributed by atoms with Crippen LogP contribution < -0.4 is 24.4 Å². The Hall–Kier alpha value is -4.26. The summed E-state index contributed by atoms with van der Waals surface area (Å²) >= 11 is 0. The molecule has 1 aliphatic heterocycles. The molecule has 2 amide bonds. The molecule has 4 rings (SSSR count). The second-order valence-corrected chi connectivity index (χ2v) is 7.68. The highest BCUT2D eigenvalue weighted by atomic mass is 16.5. The minimum atomic E-state index is -0.445. The monoisotopic (exact) mass is 458 g/mol. The van der Waals surface area contributed by atoms with Crippen LogP contribution in [0.25, 0.3) is 5.57 Å². The maximum absolute atomic E-state index is 13.6. The standard InChI is InChI=1S/C27H26N2O5/c1-5-34-21-13-11-20(12-14-21)29-26(30)24(18-8-6-17(2)7-9-18)25(27(29)31)28-19-10-15-22(32-3)23(16-19)33-4/h6-16,28H,5H2,1-4H3. The lowest BCUT2D eigenvalue weighted by Crippen LogP contribution is -2.32. The van der Waals surface area contributed by atoms with Gasteiger partial charge in [0, 0.05) is 11.8 Å². The molecule has 0 spiro atoms. The van der Waals surface area contributed by atoms with Crippen LogP contribution in [0.2, 0.25) is 0 Å². The molecule has 1 aliphatic rings. The topological polar surface area (TPSA) is 77.1 Å². The Kier molecular flexibility index (Phi) is 6.54. The van der Waals surface area contributed by atoms with E-state index in [1.807, 2.05) is 38.1 Å². The molecule has 3 aromatic carbocycles. The Morgan fingerprint density at radius 2 is 1.50 bits per heavy atom. The summed E-state index contributed by atoms with van der Waals surface area (Å²) in [4.78, 5) is 28.3. The first kappa shape index (κ1) is 22.9. The van der Waals surface area contributed by atoms with Gasteiger partial charge in [0.25, 0.3) is 11.8 Å². The van der Waals surface area contributed by atoms with E-state index >= 15 is 0 Å². The molecule has 1 N–H and O–H groups in total. The number of methoxy groups -OCH3 is 2. The number of rotatable bonds is 8. The lowest BCUT2D eigenvalue weighted by atomic mass is 10.0. The lowest BCUT2D eigenvalue weighted by Gasteiger charge is -2.16. The van der Waals surface area contributed by atoms with E-state index < -0.39 is 11.8 Å². The predicted molar refractivity (Wildman–Crippen MR) is 131 cm³/mol. The first-order chi connectivity index (χ1) is 16.5. The fourth-order valence-corrected chi connectivity index (χ4v) is 3.78. The number of amides is 2. The van der Waals surface area contributed by atoms with E-state index in [1.165, 1.54) is 12.0 Å². The summed E-state index contributed by atoms with van der Waals surface area (Å²) in [6.45, 7) is 4.39. The van der Waals surface area contributed by atoms with E-state index in [0.29, 0.717) is 46.4 Å². The van der Waals surface area contributed by atoms with E-state index in [4.69, 9.17) is 14.2 Å². The molecule has 0 aliphatic carbocycles. The Morgan fingerprint density at radius 3 is 2.12 bits per heavy atom. The van der Waals surface area contributed by atoms with Crippen molar-refractivity contribution >= 4 is 28.8 Å². The quantitative estimate of drug-likeness (QED) is 0.489. The smallest absolute Gasteiger partial charge is 0.282 e. The number of carbonyl (C=O) groups is 2. The molecule has 0 radical (unpaired) electrons. The van der Waals surface area contributed by atoms with E-state index in [1.54, 1.807) is 49.6 Å². The van der Waals surface area contributed by atoms with Crippen molar-refractivity contribution in [2.24, 2.45) is 0 Å². The van der Waals surface area contributed by atoms with Crippen LogP contribution in [0.5, 0.6) is 17.2 Å². The molecule has 7 nitrogen and oxygen atoms in total. The third-order valence-corrected chi connectivity index (χ3v) is 5.48. The highest BCUT2D eigenvalue weighted by Crippen LogP contribution is 2.36. The van der Waals surface area contributed by atoms with Crippen LogP contribution in [0.1, 0.15) is 18.1 Å². The number of benzene rings is 3. The third-order valence-electron chi connectivity index (χ3n) is 5.48. The second kappa shape index (κ2) is 9.70. The fourth-order valence-electron chi connectivity index (χ4n) is 3.78. The van der Waals surface area contributed by atoms with Crippen LogP contribution in [-0.4, -0.2) is 32.6 Å². The largest absolute Gasteiger partial charge is 0.494 e. The van der Waals surface area contributed by atoms with Gasteiger partial charge in [0.15, 0.2) is 11.5 Å². The van der Waals surface area contributed by atoms with Gasteiger partial charge in [-0.15, -0.1) is 0 Å². The summed E-state index contributed by atoms with van der Waals surface area (Å²) in [5.41, 5.74) is 3.25. The second-order valence-electron chi connectivity index (χ2n) is 7.68. The maximum Gasteiger partial charge on any atom is 0.282 e. The van der Waals surface area contributed by atoms with Gasteiger partial charge in [0.05, 0.1) is 32.1 Å². The molecule has 34 heavy (non-hydrogen) atoms. The van der Waals surface area contributed by atoms with Crippen LogP contribution in [-0.2, 0) is 9.59 Å². The van der Waals surface area contributed by atoms with E-state index in [9.17, 15) is 9.59 Å². The van der Waals surface area contributed by atoms with Crippen LogP contribution in [0, 0.1) is 6.92 Å². The van der Waals surface area contributed by atoms with Crippen LogP contribution >= 0.6 is 0 Å². The summed E-state index contributed by atoms with van der Waals surface area (Å²) < 4.78 is 16.2. The Labute approximate surface area is 198 Å². The maximum atomic E-state index is 13.6. The van der Waals surface area contributed by atoms with Crippen LogP contribution in [0.15, 0.2) is 72.4 Å². The molecule has 0 fully saturated rings. The zero-order chi connectivity index (χ0) is 24.2. The van der Waals surface area contributed by atoms with Crippen molar-refractivity contribution in [3.63, 3.8) is 0 Å². The van der Waals surface area contributed by atoms with Gasteiger partial charge < -0.3 is 19.5 Å². The number of carbonyl (C=O) groups excluding carboxylic acids is 2. The number of aryl methyl sites for hydroxylation is 1. The fraction of sp³-hybridized carbons (Fsp3) is 0.185. The van der Waals surface area contributed by atoms with Crippen molar-refractivity contribution in [2.75, 3.05) is 31.0 Å². The molecular weight excluding hydrogens is 432 g/mol. The van der Waals surface area contributed by atoms with Crippen molar-refractivity contribution in [1.82, 2.24) is 0 Å². The van der Waals surface area contributed by atoms with E-state index in [0.717, 1.165) is 5.56 Å². The Morgan fingerprint density at radius 1 is 0.824 bits per heavy atom. The molecule has 0 saturated carbocycles. The molecule has 0 saturated heterocycles. The summed E-state index contributed by atoms with van der Waals surface area (Å²) in [5, 5.41) is 3.15.